The van der Waals surface area contributed by atoms with Gasteiger partial charge >= 0.3 is 0 Å². The summed E-state index contributed by atoms with van der Waals surface area (Å²) in [4.78, 5) is 0. The zero-order valence-corrected chi connectivity index (χ0v) is 10.4. The van der Waals surface area contributed by atoms with Crippen LogP contribution in [0.3, 0.4) is 0 Å². The molecule has 2 N–H and O–H groups in total. The lowest BCUT2D eigenvalue weighted by Gasteiger charge is -2.14. The summed E-state index contributed by atoms with van der Waals surface area (Å²) >= 11 is 0. The van der Waals surface area contributed by atoms with Crippen LogP contribution in [-0.2, 0) is 0 Å². The van der Waals surface area contributed by atoms with Gasteiger partial charge in [0.1, 0.15) is 12.4 Å². The number of hydrogen-bond acceptors (Lipinski definition) is 2. The lowest BCUT2D eigenvalue weighted by molar-refractivity contribution is 0.354. The average Bonchev–Trinajstić information content (AvgIpc) is 2.28. The van der Waals surface area contributed by atoms with Crippen LogP contribution in [0.1, 0.15) is 38.8 Å². The van der Waals surface area contributed by atoms with Gasteiger partial charge in [0.15, 0.2) is 0 Å². The van der Waals surface area contributed by atoms with E-state index in [0.717, 1.165) is 17.7 Å². The summed E-state index contributed by atoms with van der Waals surface area (Å²) in [5.41, 5.74) is 8.38. The Morgan fingerprint density at radius 3 is 2.69 bits per heavy atom. The van der Waals surface area contributed by atoms with Gasteiger partial charge in [-0.3, -0.25) is 0 Å². The van der Waals surface area contributed by atoms with E-state index in [2.05, 4.69) is 26.8 Å². The number of allylic oxidation sites excluding steroid dienone is 1. The topological polar surface area (TPSA) is 35.2 Å². The molecule has 0 bridgehead atoms. The normalized spacial score (nSPS) is 12.0. The molecule has 16 heavy (non-hydrogen) atoms. The van der Waals surface area contributed by atoms with E-state index in [1.165, 1.54) is 5.57 Å². The number of rotatable bonds is 5. The SMILES string of the molecule is CCC(N)c1ccccc1OCC=C(C)C. The van der Waals surface area contributed by atoms with Gasteiger partial charge in [0, 0.05) is 11.6 Å². The Morgan fingerprint density at radius 1 is 1.38 bits per heavy atom. The second kappa shape index (κ2) is 6.33. The van der Waals surface area contributed by atoms with Crippen molar-refractivity contribution in [1.29, 1.82) is 0 Å². The monoisotopic (exact) mass is 219 g/mol. The molecule has 0 saturated carbocycles. The van der Waals surface area contributed by atoms with Crippen molar-refractivity contribution in [2.75, 3.05) is 6.61 Å². The Labute approximate surface area is 98.1 Å². The molecule has 1 aromatic rings. The summed E-state index contributed by atoms with van der Waals surface area (Å²) in [7, 11) is 0. The molecule has 2 nitrogen and oxygen atoms in total. The third kappa shape index (κ3) is 3.70. The molecule has 0 saturated heterocycles. The van der Waals surface area contributed by atoms with Crippen molar-refractivity contribution in [3.63, 3.8) is 0 Å². The minimum Gasteiger partial charge on any atom is -0.489 e. The highest BCUT2D eigenvalue weighted by atomic mass is 16.5. The van der Waals surface area contributed by atoms with Crippen molar-refractivity contribution in [1.82, 2.24) is 0 Å². The second-order valence-corrected chi connectivity index (χ2v) is 4.15. The maximum absolute atomic E-state index is 6.03. The fraction of sp³-hybridized carbons (Fsp3) is 0.429. The zero-order valence-electron chi connectivity index (χ0n) is 10.4. The zero-order chi connectivity index (χ0) is 12.0. The van der Waals surface area contributed by atoms with Crippen molar-refractivity contribution in [2.45, 2.75) is 33.2 Å². The Morgan fingerprint density at radius 2 is 2.06 bits per heavy atom. The lowest BCUT2D eigenvalue weighted by Crippen LogP contribution is -2.10. The summed E-state index contributed by atoms with van der Waals surface area (Å²) in [6, 6.07) is 8.04. The predicted octanol–water partition coefficient (Wildman–Crippen LogP) is 3.44. The smallest absolute Gasteiger partial charge is 0.124 e. The van der Waals surface area contributed by atoms with Crippen molar-refractivity contribution in [3.05, 3.63) is 41.5 Å². The molecule has 0 aromatic heterocycles. The van der Waals surface area contributed by atoms with E-state index < -0.39 is 0 Å². The highest BCUT2D eigenvalue weighted by molar-refractivity contribution is 5.35. The van der Waals surface area contributed by atoms with Crippen LogP contribution >= 0.6 is 0 Å². The maximum Gasteiger partial charge on any atom is 0.124 e. The van der Waals surface area contributed by atoms with Gasteiger partial charge in [0.2, 0.25) is 0 Å². The minimum atomic E-state index is 0.0582. The molecule has 0 aliphatic heterocycles. The number of benzene rings is 1. The van der Waals surface area contributed by atoms with Crippen LogP contribution in [0.15, 0.2) is 35.9 Å². The summed E-state index contributed by atoms with van der Waals surface area (Å²) < 4.78 is 5.71. The predicted molar refractivity (Wildman–Crippen MR) is 68.6 cm³/mol. The quantitative estimate of drug-likeness (QED) is 0.770. The molecule has 0 radical (unpaired) electrons. The van der Waals surface area contributed by atoms with Gasteiger partial charge in [0.05, 0.1) is 0 Å². The third-order valence-corrected chi connectivity index (χ3v) is 2.49. The van der Waals surface area contributed by atoms with Gasteiger partial charge in [-0.2, -0.15) is 0 Å². The van der Waals surface area contributed by atoms with Crippen LogP contribution in [0, 0.1) is 0 Å². The Bertz CT molecular complexity index is 354. The number of hydrogen-bond donors (Lipinski definition) is 1. The molecule has 1 atom stereocenters. The summed E-state index contributed by atoms with van der Waals surface area (Å²) in [6.07, 6.45) is 2.98. The highest BCUT2D eigenvalue weighted by Gasteiger charge is 2.08. The molecule has 0 heterocycles. The van der Waals surface area contributed by atoms with Crippen LogP contribution in [0.2, 0.25) is 0 Å². The van der Waals surface area contributed by atoms with E-state index in [1.807, 2.05) is 24.3 Å². The fourth-order valence-corrected chi connectivity index (χ4v) is 1.44. The first kappa shape index (κ1) is 12.8. The first-order valence-corrected chi connectivity index (χ1v) is 5.75. The van der Waals surface area contributed by atoms with Crippen molar-refractivity contribution >= 4 is 0 Å². The van der Waals surface area contributed by atoms with Gasteiger partial charge in [-0.1, -0.05) is 30.7 Å². The summed E-state index contributed by atoms with van der Waals surface area (Å²) in [5, 5.41) is 0. The van der Waals surface area contributed by atoms with Crippen LogP contribution in [-0.4, -0.2) is 6.61 Å². The summed E-state index contributed by atoms with van der Waals surface area (Å²) in [6.45, 7) is 6.81. The average molecular weight is 219 g/mol. The number of para-hydroxylation sites is 1. The molecule has 88 valence electrons. The van der Waals surface area contributed by atoms with Crippen molar-refractivity contribution in [3.8, 4) is 5.75 Å². The third-order valence-electron chi connectivity index (χ3n) is 2.49. The van der Waals surface area contributed by atoms with Gasteiger partial charge in [-0.15, -0.1) is 0 Å². The maximum atomic E-state index is 6.03. The standard InChI is InChI=1S/C14H21NO/c1-4-13(15)12-7-5-6-8-14(12)16-10-9-11(2)3/h5-9,13H,4,10,15H2,1-3H3. The molecule has 2 heteroatoms. The Balaban J connectivity index is 2.75. The first-order valence-electron chi connectivity index (χ1n) is 5.75. The second-order valence-electron chi connectivity index (χ2n) is 4.15. The van der Waals surface area contributed by atoms with E-state index in [9.17, 15) is 0 Å². The van der Waals surface area contributed by atoms with E-state index >= 15 is 0 Å². The van der Waals surface area contributed by atoms with Crippen LogP contribution in [0.25, 0.3) is 0 Å². The fourth-order valence-electron chi connectivity index (χ4n) is 1.44. The van der Waals surface area contributed by atoms with Crippen LogP contribution in [0.5, 0.6) is 5.75 Å². The van der Waals surface area contributed by atoms with Gasteiger partial charge in [-0.05, 0) is 32.4 Å². The van der Waals surface area contributed by atoms with Crippen molar-refractivity contribution < 1.29 is 4.74 Å². The Hall–Kier alpha value is -1.28. The van der Waals surface area contributed by atoms with Gasteiger partial charge < -0.3 is 10.5 Å². The molecular formula is C14H21NO. The number of nitrogens with two attached hydrogens (primary N) is 1. The van der Waals surface area contributed by atoms with E-state index in [1.54, 1.807) is 0 Å². The van der Waals surface area contributed by atoms with Crippen molar-refractivity contribution in [2.24, 2.45) is 5.73 Å². The largest absolute Gasteiger partial charge is 0.489 e. The van der Waals surface area contributed by atoms with Gasteiger partial charge in [-0.25, -0.2) is 0 Å². The molecule has 0 spiro atoms. The highest BCUT2D eigenvalue weighted by Crippen LogP contribution is 2.25. The molecule has 0 aliphatic carbocycles. The van der Waals surface area contributed by atoms with E-state index in [4.69, 9.17) is 10.5 Å². The Kier molecular flexibility index (Phi) is 5.06. The first-order chi connectivity index (χ1) is 7.65. The number of ether oxygens (including phenoxy) is 1. The van der Waals surface area contributed by atoms with E-state index in [0.29, 0.717) is 6.61 Å². The molecule has 0 aliphatic rings. The van der Waals surface area contributed by atoms with Crippen LogP contribution in [0.4, 0.5) is 0 Å². The lowest BCUT2D eigenvalue weighted by atomic mass is 10.0. The summed E-state index contributed by atoms with van der Waals surface area (Å²) in [5.74, 6) is 0.898. The van der Waals surface area contributed by atoms with E-state index in [-0.39, 0.29) is 6.04 Å². The van der Waals surface area contributed by atoms with Gasteiger partial charge in [0.25, 0.3) is 0 Å². The molecule has 1 unspecified atom stereocenters. The molecule has 1 rings (SSSR count). The molecule has 0 amide bonds. The molecular weight excluding hydrogens is 198 g/mol. The molecule has 0 fully saturated rings. The molecule has 1 aromatic carbocycles. The minimum absolute atomic E-state index is 0.0582. The van der Waals surface area contributed by atoms with Crippen LogP contribution < -0.4 is 10.5 Å².